The van der Waals surface area contributed by atoms with Crippen LogP contribution in [0.2, 0.25) is 0 Å². The van der Waals surface area contributed by atoms with E-state index < -0.39 is 23.4 Å². The van der Waals surface area contributed by atoms with Crippen molar-refractivity contribution in [1.82, 2.24) is 9.61 Å². The smallest absolute Gasteiger partial charge is 0.416 e. The molecule has 8 heteroatoms. The van der Waals surface area contributed by atoms with E-state index in [1.807, 2.05) is 13.8 Å². The molecule has 1 amide bonds. The zero-order valence-electron chi connectivity index (χ0n) is 17.0. The monoisotopic (exact) mass is 407 g/mol. The van der Waals surface area contributed by atoms with Crippen LogP contribution >= 0.6 is 0 Å². The SMILES string of the molecule is CC.CC(C)(C)OC(=O)Nc1ccn2ncc(-c3ccc(C(F)(F)F)cc3)c2c1. The Bertz CT molecular complexity index is 971. The molecule has 29 heavy (non-hydrogen) atoms. The molecule has 1 N–H and O–H groups in total. The molecule has 0 fully saturated rings. The first-order chi connectivity index (χ1) is 13.5. The van der Waals surface area contributed by atoms with Crippen LogP contribution in [0.4, 0.5) is 23.7 Å². The number of ether oxygens (including phenoxy) is 1. The van der Waals surface area contributed by atoms with Crippen molar-refractivity contribution in [3.63, 3.8) is 0 Å². The van der Waals surface area contributed by atoms with Gasteiger partial charge < -0.3 is 4.74 Å². The van der Waals surface area contributed by atoms with Gasteiger partial charge in [-0.2, -0.15) is 18.3 Å². The molecule has 0 atom stereocenters. The average Bonchev–Trinajstić information content (AvgIpc) is 3.04. The summed E-state index contributed by atoms with van der Waals surface area (Å²) in [6.07, 6.45) is -1.77. The Hall–Kier alpha value is -3.03. The quantitative estimate of drug-likeness (QED) is 0.535. The maximum atomic E-state index is 12.7. The Morgan fingerprint density at radius 3 is 2.24 bits per heavy atom. The van der Waals surface area contributed by atoms with Gasteiger partial charge in [0, 0.05) is 17.4 Å². The zero-order chi connectivity index (χ0) is 21.8. The minimum atomic E-state index is -4.38. The van der Waals surface area contributed by atoms with Crippen molar-refractivity contribution in [3.05, 3.63) is 54.4 Å². The summed E-state index contributed by atoms with van der Waals surface area (Å²) < 4.78 is 45.0. The molecule has 2 aromatic heterocycles. The number of hydrogen-bond donors (Lipinski definition) is 1. The third kappa shape index (κ3) is 5.73. The van der Waals surface area contributed by atoms with Crippen LogP contribution in [0.3, 0.4) is 0 Å². The molecule has 2 heterocycles. The van der Waals surface area contributed by atoms with Gasteiger partial charge in [-0.25, -0.2) is 9.31 Å². The molecule has 0 aliphatic rings. The second kappa shape index (κ2) is 8.55. The number of carbonyl (C=O) groups excluding carboxylic acids is 1. The third-order valence-electron chi connectivity index (χ3n) is 3.69. The number of alkyl halides is 3. The van der Waals surface area contributed by atoms with Crippen LogP contribution in [-0.4, -0.2) is 21.3 Å². The topological polar surface area (TPSA) is 55.6 Å². The van der Waals surface area contributed by atoms with Crippen molar-refractivity contribution >= 4 is 17.3 Å². The predicted molar refractivity (Wildman–Crippen MR) is 107 cm³/mol. The van der Waals surface area contributed by atoms with Crippen molar-refractivity contribution in [3.8, 4) is 11.1 Å². The maximum Gasteiger partial charge on any atom is 0.416 e. The molecule has 156 valence electrons. The van der Waals surface area contributed by atoms with Crippen LogP contribution in [0.15, 0.2) is 48.8 Å². The number of rotatable bonds is 2. The van der Waals surface area contributed by atoms with Gasteiger partial charge in [0.05, 0.1) is 17.3 Å². The van der Waals surface area contributed by atoms with Gasteiger partial charge in [0.25, 0.3) is 0 Å². The molecule has 0 saturated carbocycles. The van der Waals surface area contributed by atoms with Crippen molar-refractivity contribution in [2.24, 2.45) is 0 Å². The lowest BCUT2D eigenvalue weighted by molar-refractivity contribution is -0.137. The van der Waals surface area contributed by atoms with Crippen LogP contribution < -0.4 is 5.32 Å². The summed E-state index contributed by atoms with van der Waals surface area (Å²) in [5.41, 5.74) is 1.03. The van der Waals surface area contributed by atoms with E-state index in [0.717, 1.165) is 12.1 Å². The fourth-order valence-electron chi connectivity index (χ4n) is 2.54. The van der Waals surface area contributed by atoms with E-state index in [2.05, 4.69) is 10.4 Å². The normalized spacial score (nSPS) is 11.6. The molecule has 3 aromatic rings. The van der Waals surface area contributed by atoms with Crippen LogP contribution in [0, 0.1) is 0 Å². The Morgan fingerprint density at radius 1 is 1.07 bits per heavy atom. The third-order valence-corrected chi connectivity index (χ3v) is 3.69. The van der Waals surface area contributed by atoms with E-state index in [-0.39, 0.29) is 0 Å². The number of halogens is 3. The average molecular weight is 407 g/mol. The molecule has 0 spiro atoms. The van der Waals surface area contributed by atoms with Gasteiger partial charge >= 0.3 is 12.3 Å². The first-order valence-corrected chi connectivity index (χ1v) is 9.18. The largest absolute Gasteiger partial charge is 0.444 e. The highest BCUT2D eigenvalue weighted by Gasteiger charge is 2.30. The van der Waals surface area contributed by atoms with Crippen LogP contribution in [-0.2, 0) is 10.9 Å². The van der Waals surface area contributed by atoms with Crippen LogP contribution in [0.1, 0.15) is 40.2 Å². The van der Waals surface area contributed by atoms with Gasteiger partial charge in [0.2, 0.25) is 0 Å². The Kier molecular flexibility index (Phi) is 6.56. The van der Waals surface area contributed by atoms with Crippen molar-refractivity contribution in [1.29, 1.82) is 0 Å². The van der Waals surface area contributed by atoms with Gasteiger partial charge in [-0.3, -0.25) is 5.32 Å². The van der Waals surface area contributed by atoms with E-state index in [9.17, 15) is 18.0 Å². The van der Waals surface area contributed by atoms with E-state index >= 15 is 0 Å². The second-order valence-electron chi connectivity index (χ2n) is 7.01. The zero-order valence-corrected chi connectivity index (χ0v) is 17.0. The molecule has 0 radical (unpaired) electrons. The Labute approximate surface area is 167 Å². The maximum absolute atomic E-state index is 12.7. The fraction of sp³-hybridized carbons (Fsp3) is 0.333. The molecule has 0 saturated heterocycles. The minimum absolute atomic E-state index is 0.491. The number of aromatic nitrogens is 2. The number of fused-ring (bicyclic) bond motifs is 1. The van der Waals surface area contributed by atoms with Gasteiger partial charge in [-0.1, -0.05) is 26.0 Å². The molecular weight excluding hydrogens is 383 g/mol. The van der Waals surface area contributed by atoms with Gasteiger partial charge in [0.15, 0.2) is 0 Å². The molecule has 0 aliphatic carbocycles. The number of nitrogens with zero attached hydrogens (tertiary/aromatic N) is 2. The summed E-state index contributed by atoms with van der Waals surface area (Å²) in [5.74, 6) is 0. The van der Waals surface area contributed by atoms with E-state index in [4.69, 9.17) is 4.74 Å². The summed E-state index contributed by atoms with van der Waals surface area (Å²) >= 11 is 0. The Balaban J connectivity index is 0.00000145. The number of pyridine rings is 1. The summed E-state index contributed by atoms with van der Waals surface area (Å²) in [6.45, 7) is 9.28. The standard InChI is InChI=1S/C19H18F3N3O2.C2H6/c1-18(2,3)27-17(26)24-14-8-9-25-16(10-14)15(11-23-25)12-4-6-13(7-5-12)19(20,21)22;1-2/h4-11H,1-3H3,(H,24,26);1-2H3. The number of amides is 1. The number of anilines is 1. The van der Waals surface area contributed by atoms with Crippen molar-refractivity contribution < 1.29 is 22.7 Å². The van der Waals surface area contributed by atoms with Crippen LogP contribution in [0.5, 0.6) is 0 Å². The lowest BCUT2D eigenvalue weighted by Gasteiger charge is -2.19. The highest BCUT2D eigenvalue weighted by molar-refractivity contribution is 5.88. The summed E-state index contributed by atoms with van der Waals surface area (Å²) in [6, 6.07) is 8.19. The number of carbonyl (C=O) groups is 1. The lowest BCUT2D eigenvalue weighted by atomic mass is 10.0. The number of benzene rings is 1. The Morgan fingerprint density at radius 2 is 1.69 bits per heavy atom. The minimum Gasteiger partial charge on any atom is -0.444 e. The van der Waals surface area contributed by atoms with E-state index in [1.165, 1.54) is 12.1 Å². The molecule has 0 bridgehead atoms. The lowest BCUT2D eigenvalue weighted by Crippen LogP contribution is -2.27. The summed E-state index contributed by atoms with van der Waals surface area (Å²) in [5, 5.41) is 6.83. The first kappa shape index (κ1) is 22.3. The van der Waals surface area contributed by atoms with Crippen molar-refractivity contribution in [2.45, 2.75) is 46.4 Å². The van der Waals surface area contributed by atoms with Gasteiger partial charge in [-0.15, -0.1) is 0 Å². The fourth-order valence-corrected chi connectivity index (χ4v) is 2.54. The number of nitrogens with one attached hydrogen (secondary N) is 1. The first-order valence-electron chi connectivity index (χ1n) is 9.18. The highest BCUT2D eigenvalue weighted by atomic mass is 19.4. The molecule has 5 nitrogen and oxygen atoms in total. The summed E-state index contributed by atoms with van der Waals surface area (Å²) in [7, 11) is 0. The van der Waals surface area contributed by atoms with E-state index in [1.54, 1.807) is 49.8 Å². The van der Waals surface area contributed by atoms with Crippen molar-refractivity contribution in [2.75, 3.05) is 5.32 Å². The molecule has 0 unspecified atom stereocenters. The molecule has 1 aromatic carbocycles. The second-order valence-corrected chi connectivity index (χ2v) is 7.01. The predicted octanol–water partition coefficient (Wildman–Crippen LogP) is 6.39. The highest BCUT2D eigenvalue weighted by Crippen LogP contribution is 2.32. The summed E-state index contributed by atoms with van der Waals surface area (Å²) in [4.78, 5) is 11.9. The molecular formula is C21H24F3N3O2. The molecule has 3 rings (SSSR count). The van der Waals surface area contributed by atoms with Crippen LogP contribution in [0.25, 0.3) is 16.6 Å². The van der Waals surface area contributed by atoms with Gasteiger partial charge in [-0.05, 0) is 50.6 Å². The number of hydrogen-bond acceptors (Lipinski definition) is 3. The van der Waals surface area contributed by atoms with E-state index in [0.29, 0.717) is 22.3 Å². The van der Waals surface area contributed by atoms with Gasteiger partial charge in [0.1, 0.15) is 5.60 Å². The molecule has 0 aliphatic heterocycles.